The van der Waals surface area contributed by atoms with Gasteiger partial charge in [0.1, 0.15) is 5.52 Å². The Bertz CT molecular complexity index is 598. The number of hydrogen-bond donors (Lipinski definition) is 1. The van der Waals surface area contributed by atoms with Crippen LogP contribution in [0.3, 0.4) is 0 Å². The summed E-state index contributed by atoms with van der Waals surface area (Å²) in [6.45, 7) is 9.90. The first-order valence-corrected chi connectivity index (χ1v) is 7.81. The number of nitrogens with one attached hydrogen (secondary N) is 1. The van der Waals surface area contributed by atoms with Crippen LogP contribution in [0, 0.1) is 5.92 Å². The predicted octanol–water partition coefficient (Wildman–Crippen LogP) is 2.33. The lowest BCUT2D eigenvalue weighted by atomic mass is 9.96. The second-order valence-corrected chi connectivity index (χ2v) is 7.00. The van der Waals surface area contributed by atoms with Crippen LogP contribution in [0.15, 0.2) is 24.7 Å². The number of aromatic nitrogens is 3. The molecule has 5 heteroatoms. The molecule has 0 amide bonds. The lowest BCUT2D eigenvalue weighted by Gasteiger charge is -2.35. The summed E-state index contributed by atoms with van der Waals surface area (Å²) >= 11 is 0. The van der Waals surface area contributed by atoms with Crippen LogP contribution < -0.4 is 10.2 Å². The monoisotopic (exact) mass is 287 g/mol. The smallest absolute Gasteiger partial charge is 0.154 e. The Morgan fingerprint density at radius 3 is 3.00 bits per heavy atom. The molecule has 2 aromatic rings. The van der Waals surface area contributed by atoms with Crippen LogP contribution in [0.4, 0.5) is 5.82 Å². The van der Waals surface area contributed by atoms with Gasteiger partial charge in [-0.25, -0.2) is 9.50 Å². The molecule has 2 aromatic heterocycles. The largest absolute Gasteiger partial charge is 0.355 e. The van der Waals surface area contributed by atoms with Gasteiger partial charge in [0.2, 0.25) is 0 Å². The first kappa shape index (κ1) is 14.3. The van der Waals surface area contributed by atoms with E-state index in [2.05, 4.69) is 41.1 Å². The second kappa shape index (κ2) is 5.64. The summed E-state index contributed by atoms with van der Waals surface area (Å²) in [6.07, 6.45) is 8.10. The van der Waals surface area contributed by atoms with Crippen molar-refractivity contribution >= 4 is 11.3 Å². The van der Waals surface area contributed by atoms with Crippen LogP contribution >= 0.6 is 0 Å². The average molecular weight is 287 g/mol. The van der Waals surface area contributed by atoms with Gasteiger partial charge in [-0.05, 0) is 45.6 Å². The molecule has 5 nitrogen and oxygen atoms in total. The molecular weight excluding hydrogens is 262 g/mol. The molecule has 114 valence electrons. The van der Waals surface area contributed by atoms with E-state index in [1.54, 1.807) is 0 Å². The summed E-state index contributed by atoms with van der Waals surface area (Å²) in [5.41, 5.74) is 1.29. The van der Waals surface area contributed by atoms with Crippen LogP contribution in [-0.4, -0.2) is 39.8 Å². The van der Waals surface area contributed by atoms with E-state index in [1.807, 2.05) is 29.2 Å². The Kier molecular flexibility index (Phi) is 3.85. The number of hydrogen-bond acceptors (Lipinski definition) is 4. The van der Waals surface area contributed by atoms with E-state index in [0.717, 1.165) is 31.0 Å². The van der Waals surface area contributed by atoms with Crippen molar-refractivity contribution in [1.29, 1.82) is 0 Å². The van der Waals surface area contributed by atoms with Gasteiger partial charge in [0.05, 0.1) is 6.20 Å². The Labute approximate surface area is 126 Å². The topological polar surface area (TPSA) is 45.5 Å². The molecule has 3 rings (SSSR count). The average Bonchev–Trinajstić information content (AvgIpc) is 2.93. The number of nitrogens with zero attached hydrogens (tertiary/aromatic N) is 4. The van der Waals surface area contributed by atoms with Crippen LogP contribution in [0.1, 0.15) is 33.6 Å². The summed E-state index contributed by atoms with van der Waals surface area (Å²) in [4.78, 5) is 7.00. The molecule has 1 aliphatic heterocycles. The molecule has 1 fully saturated rings. The standard InChI is InChI=1S/C16H25N5/c1-16(2,3)18-11-13-5-4-9-20(12-13)15-14-6-7-19-21(14)10-8-17-15/h6-8,10,13,18H,4-5,9,11-12H2,1-3H3. The molecule has 21 heavy (non-hydrogen) atoms. The number of anilines is 1. The lowest BCUT2D eigenvalue weighted by Crippen LogP contribution is -2.45. The minimum absolute atomic E-state index is 0.186. The fourth-order valence-electron chi connectivity index (χ4n) is 2.96. The van der Waals surface area contributed by atoms with Crippen molar-refractivity contribution in [1.82, 2.24) is 19.9 Å². The van der Waals surface area contributed by atoms with Gasteiger partial charge < -0.3 is 10.2 Å². The Balaban J connectivity index is 1.72. The van der Waals surface area contributed by atoms with Crippen molar-refractivity contribution in [3.05, 3.63) is 24.7 Å². The highest BCUT2D eigenvalue weighted by Crippen LogP contribution is 2.24. The quantitative estimate of drug-likeness (QED) is 0.941. The maximum atomic E-state index is 4.59. The molecule has 0 radical (unpaired) electrons. The van der Waals surface area contributed by atoms with Gasteiger partial charge in [-0.3, -0.25) is 0 Å². The minimum Gasteiger partial charge on any atom is -0.355 e. The van der Waals surface area contributed by atoms with E-state index in [0.29, 0.717) is 5.92 Å². The Hall–Kier alpha value is -1.62. The van der Waals surface area contributed by atoms with Crippen molar-refractivity contribution < 1.29 is 0 Å². The van der Waals surface area contributed by atoms with E-state index in [4.69, 9.17) is 0 Å². The number of piperidine rings is 1. The van der Waals surface area contributed by atoms with Gasteiger partial charge in [-0.15, -0.1) is 0 Å². The summed E-state index contributed by atoms with van der Waals surface area (Å²) in [6, 6.07) is 2.04. The second-order valence-electron chi connectivity index (χ2n) is 7.00. The molecule has 1 N–H and O–H groups in total. The van der Waals surface area contributed by atoms with Gasteiger partial charge in [0, 0.05) is 37.6 Å². The normalized spacial score (nSPS) is 20.1. The van der Waals surface area contributed by atoms with Crippen molar-refractivity contribution in [2.24, 2.45) is 5.92 Å². The number of fused-ring (bicyclic) bond motifs is 1. The lowest BCUT2D eigenvalue weighted by molar-refractivity contribution is 0.335. The molecule has 0 spiro atoms. The SMILES string of the molecule is CC(C)(C)NCC1CCCN(c2nccn3nccc23)C1. The zero-order valence-corrected chi connectivity index (χ0v) is 13.2. The van der Waals surface area contributed by atoms with E-state index >= 15 is 0 Å². The van der Waals surface area contributed by atoms with E-state index in [1.165, 1.54) is 12.8 Å². The summed E-state index contributed by atoms with van der Waals surface area (Å²) in [5, 5.41) is 7.93. The van der Waals surface area contributed by atoms with Crippen LogP contribution in [0.5, 0.6) is 0 Å². The highest BCUT2D eigenvalue weighted by Gasteiger charge is 2.23. The molecule has 0 saturated carbocycles. The number of rotatable bonds is 3. The fourth-order valence-corrected chi connectivity index (χ4v) is 2.96. The highest BCUT2D eigenvalue weighted by atomic mass is 15.3. The first-order valence-electron chi connectivity index (χ1n) is 7.81. The van der Waals surface area contributed by atoms with Crippen molar-refractivity contribution in [3.8, 4) is 0 Å². The van der Waals surface area contributed by atoms with Gasteiger partial charge in [0.25, 0.3) is 0 Å². The van der Waals surface area contributed by atoms with E-state index in [-0.39, 0.29) is 5.54 Å². The van der Waals surface area contributed by atoms with Crippen molar-refractivity contribution in [2.75, 3.05) is 24.5 Å². The predicted molar refractivity (Wildman–Crippen MR) is 85.7 cm³/mol. The summed E-state index contributed by atoms with van der Waals surface area (Å²) < 4.78 is 1.90. The molecule has 3 heterocycles. The molecule has 0 bridgehead atoms. The molecule has 1 saturated heterocycles. The zero-order valence-electron chi connectivity index (χ0n) is 13.2. The molecule has 0 aromatic carbocycles. The third kappa shape index (κ3) is 3.35. The molecule has 1 atom stereocenters. The maximum Gasteiger partial charge on any atom is 0.154 e. The van der Waals surface area contributed by atoms with Gasteiger partial charge in [0.15, 0.2) is 5.82 Å². The van der Waals surface area contributed by atoms with Gasteiger partial charge >= 0.3 is 0 Å². The third-order valence-corrected chi connectivity index (χ3v) is 4.04. The van der Waals surface area contributed by atoms with Crippen molar-refractivity contribution in [3.63, 3.8) is 0 Å². The van der Waals surface area contributed by atoms with E-state index in [9.17, 15) is 0 Å². The minimum atomic E-state index is 0.186. The molecule has 1 unspecified atom stereocenters. The van der Waals surface area contributed by atoms with Crippen LogP contribution in [-0.2, 0) is 0 Å². The molecular formula is C16H25N5. The first-order chi connectivity index (χ1) is 10.0. The van der Waals surface area contributed by atoms with Gasteiger partial charge in [-0.2, -0.15) is 5.10 Å². The van der Waals surface area contributed by atoms with Crippen molar-refractivity contribution in [2.45, 2.75) is 39.2 Å². The summed E-state index contributed by atoms with van der Waals surface area (Å²) in [7, 11) is 0. The third-order valence-electron chi connectivity index (χ3n) is 4.04. The zero-order chi connectivity index (χ0) is 14.9. The Morgan fingerprint density at radius 1 is 1.33 bits per heavy atom. The van der Waals surface area contributed by atoms with Crippen LogP contribution in [0.2, 0.25) is 0 Å². The Morgan fingerprint density at radius 2 is 2.19 bits per heavy atom. The molecule has 0 aliphatic carbocycles. The highest BCUT2D eigenvalue weighted by molar-refractivity contribution is 5.68. The van der Waals surface area contributed by atoms with Crippen LogP contribution in [0.25, 0.3) is 5.52 Å². The summed E-state index contributed by atoms with van der Waals surface area (Å²) in [5.74, 6) is 1.75. The fraction of sp³-hybridized carbons (Fsp3) is 0.625. The van der Waals surface area contributed by atoms with Gasteiger partial charge in [-0.1, -0.05) is 0 Å². The van der Waals surface area contributed by atoms with E-state index < -0.39 is 0 Å². The maximum absolute atomic E-state index is 4.59. The molecule has 1 aliphatic rings.